The van der Waals surface area contributed by atoms with Crippen LogP contribution in [-0.4, -0.2) is 13.7 Å². The molecule has 1 unspecified atom stereocenters. The predicted molar refractivity (Wildman–Crippen MR) is 57.7 cm³/mol. The highest BCUT2D eigenvalue weighted by Crippen LogP contribution is 2.33. The van der Waals surface area contributed by atoms with Gasteiger partial charge >= 0.3 is 0 Å². The van der Waals surface area contributed by atoms with Crippen LogP contribution in [0.1, 0.15) is 30.0 Å². The van der Waals surface area contributed by atoms with E-state index in [4.69, 9.17) is 4.74 Å². The summed E-state index contributed by atoms with van der Waals surface area (Å²) in [6, 6.07) is 3.57. The molecule has 2 nitrogen and oxygen atoms in total. The minimum absolute atomic E-state index is 0.112. The Kier molecular flexibility index (Phi) is 2.91. The lowest BCUT2D eigenvalue weighted by atomic mass is 10.0. The van der Waals surface area contributed by atoms with Crippen LogP contribution in [0.2, 0.25) is 0 Å². The fourth-order valence-electron chi connectivity index (χ4n) is 2.16. The van der Waals surface area contributed by atoms with Crippen LogP contribution in [-0.2, 0) is 0 Å². The topological polar surface area (TPSA) is 21.3 Å². The molecule has 0 radical (unpaired) electrons. The highest BCUT2D eigenvalue weighted by molar-refractivity contribution is 5.40. The predicted octanol–water partition coefficient (Wildman–Crippen LogP) is 2.57. The maximum atomic E-state index is 13.8. The number of nitrogens with one attached hydrogen (secondary N) is 1. The van der Waals surface area contributed by atoms with Gasteiger partial charge in [0.05, 0.1) is 7.11 Å². The molecule has 1 aromatic carbocycles. The Morgan fingerprint density at radius 1 is 1.47 bits per heavy atom. The summed E-state index contributed by atoms with van der Waals surface area (Å²) in [5.74, 6) is 0.498. The van der Waals surface area contributed by atoms with E-state index in [1.165, 1.54) is 0 Å². The number of ether oxygens (including phenoxy) is 1. The Morgan fingerprint density at radius 3 is 2.87 bits per heavy atom. The number of rotatable bonds is 2. The first kappa shape index (κ1) is 10.4. The molecule has 1 aromatic rings. The molecule has 0 aliphatic carbocycles. The van der Waals surface area contributed by atoms with E-state index >= 15 is 0 Å². The normalized spacial score (nSPS) is 20.6. The summed E-state index contributed by atoms with van der Waals surface area (Å²) in [5.41, 5.74) is 1.58. The molecular weight excluding hydrogens is 193 g/mol. The van der Waals surface area contributed by atoms with Crippen LogP contribution in [0.3, 0.4) is 0 Å². The van der Waals surface area contributed by atoms with Crippen molar-refractivity contribution >= 4 is 0 Å². The lowest BCUT2D eigenvalue weighted by molar-refractivity contribution is 0.395. The average molecular weight is 209 g/mol. The van der Waals surface area contributed by atoms with E-state index in [9.17, 15) is 4.39 Å². The van der Waals surface area contributed by atoms with Crippen molar-refractivity contribution in [1.82, 2.24) is 5.32 Å². The second-order valence-electron chi connectivity index (χ2n) is 4.01. The van der Waals surface area contributed by atoms with Gasteiger partial charge in [-0.2, -0.15) is 0 Å². The summed E-state index contributed by atoms with van der Waals surface area (Å²) < 4.78 is 19.1. The van der Waals surface area contributed by atoms with Crippen LogP contribution >= 0.6 is 0 Å². The van der Waals surface area contributed by atoms with Crippen LogP contribution in [0, 0.1) is 12.7 Å². The number of methoxy groups -OCH3 is 1. The summed E-state index contributed by atoms with van der Waals surface area (Å²) in [5, 5.41) is 3.29. The molecule has 1 N–H and O–H groups in total. The van der Waals surface area contributed by atoms with Gasteiger partial charge in [-0.05, 0) is 44.0 Å². The molecule has 0 spiro atoms. The van der Waals surface area contributed by atoms with E-state index in [0.717, 1.165) is 24.9 Å². The molecule has 3 heteroatoms. The quantitative estimate of drug-likeness (QED) is 0.808. The molecule has 2 rings (SSSR count). The van der Waals surface area contributed by atoms with E-state index < -0.39 is 0 Å². The Hall–Kier alpha value is -1.09. The van der Waals surface area contributed by atoms with Gasteiger partial charge in [-0.3, -0.25) is 0 Å². The minimum Gasteiger partial charge on any atom is -0.496 e. The van der Waals surface area contributed by atoms with Gasteiger partial charge in [0.15, 0.2) is 0 Å². The third-order valence-corrected chi connectivity index (χ3v) is 2.86. The first-order valence-electron chi connectivity index (χ1n) is 5.30. The summed E-state index contributed by atoms with van der Waals surface area (Å²) in [6.07, 6.45) is 2.08. The van der Waals surface area contributed by atoms with Crippen molar-refractivity contribution in [3.8, 4) is 5.75 Å². The minimum atomic E-state index is -0.161. The zero-order valence-corrected chi connectivity index (χ0v) is 9.14. The highest BCUT2D eigenvalue weighted by atomic mass is 19.1. The second kappa shape index (κ2) is 4.19. The average Bonchev–Trinajstić information content (AvgIpc) is 2.69. The maximum absolute atomic E-state index is 13.8. The number of aryl methyl sites for hydroxylation is 1. The summed E-state index contributed by atoms with van der Waals surface area (Å²) in [7, 11) is 1.59. The van der Waals surface area contributed by atoms with Gasteiger partial charge in [0.2, 0.25) is 0 Å². The van der Waals surface area contributed by atoms with Gasteiger partial charge in [-0.15, -0.1) is 0 Å². The third kappa shape index (κ3) is 1.97. The monoisotopic (exact) mass is 209 g/mol. The fraction of sp³-hybridized carbons (Fsp3) is 0.500. The van der Waals surface area contributed by atoms with Crippen molar-refractivity contribution in [2.75, 3.05) is 13.7 Å². The van der Waals surface area contributed by atoms with Gasteiger partial charge in [-0.25, -0.2) is 4.39 Å². The molecule has 0 saturated carbocycles. The van der Waals surface area contributed by atoms with Gasteiger partial charge in [0.1, 0.15) is 11.6 Å². The molecule has 1 atom stereocenters. The van der Waals surface area contributed by atoms with Crippen molar-refractivity contribution in [3.05, 3.63) is 29.1 Å². The Balaban J connectivity index is 2.43. The Bertz CT molecular complexity index is 359. The van der Waals surface area contributed by atoms with Gasteiger partial charge in [0, 0.05) is 11.6 Å². The first-order chi connectivity index (χ1) is 7.22. The van der Waals surface area contributed by atoms with Gasteiger partial charge < -0.3 is 10.1 Å². The highest BCUT2D eigenvalue weighted by Gasteiger charge is 2.23. The lowest BCUT2D eigenvalue weighted by Gasteiger charge is -2.16. The van der Waals surface area contributed by atoms with Gasteiger partial charge in [-0.1, -0.05) is 0 Å². The lowest BCUT2D eigenvalue weighted by Crippen LogP contribution is -2.15. The van der Waals surface area contributed by atoms with E-state index in [1.807, 2.05) is 13.0 Å². The fourth-order valence-corrected chi connectivity index (χ4v) is 2.16. The van der Waals surface area contributed by atoms with Crippen molar-refractivity contribution in [2.45, 2.75) is 25.8 Å². The summed E-state index contributed by atoms with van der Waals surface area (Å²) in [4.78, 5) is 0. The van der Waals surface area contributed by atoms with E-state index in [1.54, 1.807) is 13.2 Å². The van der Waals surface area contributed by atoms with Crippen molar-refractivity contribution < 1.29 is 9.13 Å². The molecule has 15 heavy (non-hydrogen) atoms. The van der Waals surface area contributed by atoms with Crippen LogP contribution < -0.4 is 10.1 Å². The molecule has 1 saturated heterocycles. The van der Waals surface area contributed by atoms with Crippen LogP contribution in [0.15, 0.2) is 12.1 Å². The molecular formula is C12H16FNO. The van der Waals surface area contributed by atoms with E-state index in [-0.39, 0.29) is 11.9 Å². The molecule has 0 aromatic heterocycles. The summed E-state index contributed by atoms with van der Waals surface area (Å²) >= 11 is 0. The van der Waals surface area contributed by atoms with Gasteiger partial charge in [0.25, 0.3) is 0 Å². The smallest absolute Gasteiger partial charge is 0.131 e. The molecule has 1 aliphatic heterocycles. The molecule has 0 amide bonds. The standard InChI is InChI=1S/C12H16FNO/c1-8-6-9(13)12(11(7-8)15-2)10-4-3-5-14-10/h6-7,10,14H,3-5H2,1-2H3. The van der Waals surface area contributed by atoms with Crippen molar-refractivity contribution in [2.24, 2.45) is 0 Å². The number of hydrogen-bond donors (Lipinski definition) is 1. The van der Waals surface area contributed by atoms with Crippen LogP contribution in [0.4, 0.5) is 4.39 Å². The van der Waals surface area contributed by atoms with Crippen LogP contribution in [0.5, 0.6) is 5.75 Å². The Morgan fingerprint density at radius 2 is 2.27 bits per heavy atom. The van der Waals surface area contributed by atoms with E-state index in [0.29, 0.717) is 11.3 Å². The number of hydrogen-bond acceptors (Lipinski definition) is 2. The van der Waals surface area contributed by atoms with Crippen molar-refractivity contribution in [1.29, 1.82) is 0 Å². The number of halogens is 1. The molecule has 1 fully saturated rings. The Labute approximate surface area is 89.4 Å². The van der Waals surface area contributed by atoms with Crippen LogP contribution in [0.25, 0.3) is 0 Å². The SMILES string of the molecule is COc1cc(C)cc(F)c1C1CCCN1. The van der Waals surface area contributed by atoms with Crippen molar-refractivity contribution in [3.63, 3.8) is 0 Å². The zero-order valence-electron chi connectivity index (χ0n) is 9.14. The summed E-state index contributed by atoms with van der Waals surface area (Å²) in [6.45, 7) is 2.83. The maximum Gasteiger partial charge on any atom is 0.131 e. The van der Waals surface area contributed by atoms with E-state index in [2.05, 4.69) is 5.32 Å². The largest absolute Gasteiger partial charge is 0.496 e. The zero-order chi connectivity index (χ0) is 10.8. The third-order valence-electron chi connectivity index (χ3n) is 2.86. The second-order valence-corrected chi connectivity index (χ2v) is 4.01. The molecule has 1 heterocycles. The molecule has 82 valence electrons. The molecule has 0 bridgehead atoms. The molecule has 1 aliphatic rings. The number of benzene rings is 1. The first-order valence-corrected chi connectivity index (χ1v) is 5.30.